The molecular formula is C13H16N2O. The molecule has 0 aliphatic carbocycles. The molecule has 0 radical (unpaired) electrons. The lowest BCUT2D eigenvalue weighted by atomic mass is 9.90. The molecule has 16 heavy (non-hydrogen) atoms. The van der Waals surface area contributed by atoms with Crippen molar-refractivity contribution in [2.75, 3.05) is 19.7 Å². The Morgan fingerprint density at radius 3 is 2.69 bits per heavy atom. The van der Waals surface area contributed by atoms with Crippen LogP contribution in [0.5, 0.6) is 0 Å². The van der Waals surface area contributed by atoms with E-state index < -0.39 is 5.41 Å². The molecule has 0 bridgehead atoms. The van der Waals surface area contributed by atoms with Gasteiger partial charge in [0.2, 0.25) is 0 Å². The highest BCUT2D eigenvalue weighted by Crippen LogP contribution is 2.29. The van der Waals surface area contributed by atoms with E-state index in [9.17, 15) is 5.11 Å². The van der Waals surface area contributed by atoms with Crippen molar-refractivity contribution >= 4 is 0 Å². The van der Waals surface area contributed by atoms with E-state index in [-0.39, 0.29) is 6.61 Å². The van der Waals surface area contributed by atoms with Gasteiger partial charge in [-0.2, -0.15) is 5.26 Å². The molecule has 1 aromatic rings. The lowest BCUT2D eigenvalue weighted by Gasteiger charge is -2.19. The van der Waals surface area contributed by atoms with Gasteiger partial charge in [0.05, 0.1) is 18.1 Å². The number of aliphatic hydroxyl groups excluding tert-OH is 1. The van der Waals surface area contributed by atoms with Crippen molar-refractivity contribution in [2.24, 2.45) is 5.41 Å². The SMILES string of the molecule is N#C[C@]1(CO)CCN(Cc2ccccc2)C1. The fourth-order valence-electron chi connectivity index (χ4n) is 2.19. The second kappa shape index (κ2) is 4.65. The lowest BCUT2D eigenvalue weighted by Crippen LogP contribution is -2.28. The molecular weight excluding hydrogens is 200 g/mol. The molecule has 0 spiro atoms. The number of hydrogen-bond acceptors (Lipinski definition) is 3. The first-order chi connectivity index (χ1) is 7.78. The minimum Gasteiger partial charge on any atom is -0.395 e. The van der Waals surface area contributed by atoms with Gasteiger partial charge in [-0.05, 0) is 12.0 Å². The van der Waals surface area contributed by atoms with Crippen LogP contribution in [0.1, 0.15) is 12.0 Å². The summed E-state index contributed by atoms with van der Waals surface area (Å²) in [6.07, 6.45) is 0.771. The van der Waals surface area contributed by atoms with Crippen molar-refractivity contribution in [3.05, 3.63) is 35.9 Å². The van der Waals surface area contributed by atoms with Crippen LogP contribution >= 0.6 is 0 Å². The molecule has 1 aromatic carbocycles. The van der Waals surface area contributed by atoms with Gasteiger partial charge in [-0.25, -0.2) is 0 Å². The van der Waals surface area contributed by atoms with E-state index in [2.05, 4.69) is 23.1 Å². The Labute approximate surface area is 95.9 Å². The monoisotopic (exact) mass is 216 g/mol. The molecule has 1 N–H and O–H groups in total. The minimum absolute atomic E-state index is 0.0329. The highest BCUT2D eigenvalue weighted by atomic mass is 16.3. The average molecular weight is 216 g/mol. The quantitative estimate of drug-likeness (QED) is 0.830. The number of nitrogens with zero attached hydrogens (tertiary/aromatic N) is 2. The zero-order valence-corrected chi connectivity index (χ0v) is 9.26. The number of likely N-dealkylation sites (tertiary alicyclic amines) is 1. The minimum atomic E-state index is -0.533. The van der Waals surface area contributed by atoms with Gasteiger partial charge in [0.1, 0.15) is 0 Å². The largest absolute Gasteiger partial charge is 0.395 e. The van der Waals surface area contributed by atoms with Crippen LogP contribution in [0.25, 0.3) is 0 Å². The third-order valence-electron chi connectivity index (χ3n) is 3.22. The lowest BCUT2D eigenvalue weighted by molar-refractivity contribution is 0.173. The van der Waals surface area contributed by atoms with E-state index in [1.54, 1.807) is 0 Å². The summed E-state index contributed by atoms with van der Waals surface area (Å²) in [7, 11) is 0. The summed E-state index contributed by atoms with van der Waals surface area (Å²) in [5.41, 5.74) is 0.726. The van der Waals surface area contributed by atoms with Crippen LogP contribution in [0, 0.1) is 16.7 Å². The normalized spacial score (nSPS) is 25.5. The number of nitriles is 1. The molecule has 0 saturated carbocycles. The highest BCUT2D eigenvalue weighted by Gasteiger charge is 2.37. The van der Waals surface area contributed by atoms with E-state index in [0.717, 1.165) is 19.5 Å². The molecule has 1 atom stereocenters. The standard InChI is InChI=1S/C13H16N2O/c14-9-13(11-16)6-7-15(10-13)8-12-4-2-1-3-5-12/h1-5,16H,6-8,10-11H2/t13-/m1/s1. The van der Waals surface area contributed by atoms with Gasteiger partial charge in [-0.1, -0.05) is 30.3 Å². The zero-order valence-electron chi connectivity index (χ0n) is 9.26. The van der Waals surface area contributed by atoms with Crippen molar-refractivity contribution < 1.29 is 5.11 Å². The predicted molar refractivity (Wildman–Crippen MR) is 61.5 cm³/mol. The Balaban J connectivity index is 1.98. The first-order valence-corrected chi connectivity index (χ1v) is 5.56. The van der Waals surface area contributed by atoms with Gasteiger partial charge >= 0.3 is 0 Å². The topological polar surface area (TPSA) is 47.3 Å². The molecule has 0 aromatic heterocycles. The summed E-state index contributed by atoms with van der Waals surface area (Å²) < 4.78 is 0. The van der Waals surface area contributed by atoms with Crippen LogP contribution in [0.3, 0.4) is 0 Å². The summed E-state index contributed by atoms with van der Waals surface area (Å²) in [5, 5.41) is 18.3. The van der Waals surface area contributed by atoms with Crippen LogP contribution in [0.2, 0.25) is 0 Å². The highest BCUT2D eigenvalue weighted by molar-refractivity contribution is 5.15. The average Bonchev–Trinajstić information content (AvgIpc) is 2.75. The molecule has 2 rings (SSSR count). The second-order valence-corrected chi connectivity index (χ2v) is 4.50. The molecule has 1 aliphatic rings. The number of benzene rings is 1. The number of aliphatic hydroxyl groups is 1. The zero-order chi connectivity index (χ0) is 11.4. The molecule has 1 saturated heterocycles. The van der Waals surface area contributed by atoms with Crippen molar-refractivity contribution in [3.63, 3.8) is 0 Å². The van der Waals surface area contributed by atoms with Crippen molar-refractivity contribution in [1.82, 2.24) is 4.90 Å². The van der Waals surface area contributed by atoms with Crippen molar-refractivity contribution in [2.45, 2.75) is 13.0 Å². The van der Waals surface area contributed by atoms with Gasteiger partial charge < -0.3 is 5.11 Å². The van der Waals surface area contributed by atoms with Gasteiger partial charge in [0.25, 0.3) is 0 Å². The Morgan fingerprint density at radius 1 is 1.38 bits per heavy atom. The molecule has 1 aliphatic heterocycles. The Hall–Kier alpha value is -1.37. The summed E-state index contributed by atoms with van der Waals surface area (Å²) in [5.74, 6) is 0. The molecule has 3 heteroatoms. The maximum atomic E-state index is 9.25. The maximum absolute atomic E-state index is 9.25. The van der Waals surface area contributed by atoms with E-state index in [0.29, 0.717) is 6.54 Å². The predicted octanol–water partition coefficient (Wildman–Crippen LogP) is 1.39. The first kappa shape index (κ1) is 11.1. The molecule has 1 heterocycles. The van der Waals surface area contributed by atoms with Gasteiger partial charge in [0, 0.05) is 19.6 Å². The molecule has 84 valence electrons. The summed E-state index contributed by atoms with van der Waals surface area (Å²) in [6, 6.07) is 12.5. The van der Waals surface area contributed by atoms with Crippen LogP contribution < -0.4 is 0 Å². The summed E-state index contributed by atoms with van der Waals surface area (Å²) in [4.78, 5) is 2.23. The van der Waals surface area contributed by atoms with Crippen LogP contribution in [0.15, 0.2) is 30.3 Å². The van der Waals surface area contributed by atoms with E-state index >= 15 is 0 Å². The Kier molecular flexibility index (Phi) is 3.23. The van der Waals surface area contributed by atoms with E-state index in [4.69, 9.17) is 5.26 Å². The fourth-order valence-corrected chi connectivity index (χ4v) is 2.19. The smallest absolute Gasteiger partial charge is 0.0942 e. The van der Waals surface area contributed by atoms with E-state index in [1.165, 1.54) is 5.56 Å². The van der Waals surface area contributed by atoms with Crippen LogP contribution in [0.4, 0.5) is 0 Å². The molecule has 0 amide bonds. The molecule has 0 unspecified atom stereocenters. The third-order valence-corrected chi connectivity index (χ3v) is 3.22. The molecule has 1 fully saturated rings. The first-order valence-electron chi connectivity index (χ1n) is 5.56. The third kappa shape index (κ3) is 2.24. The Morgan fingerprint density at radius 2 is 2.12 bits per heavy atom. The van der Waals surface area contributed by atoms with Crippen LogP contribution in [-0.4, -0.2) is 29.7 Å². The number of rotatable bonds is 3. The number of hydrogen-bond donors (Lipinski definition) is 1. The second-order valence-electron chi connectivity index (χ2n) is 4.50. The Bertz CT molecular complexity index is 385. The fraction of sp³-hybridized carbons (Fsp3) is 0.462. The van der Waals surface area contributed by atoms with Crippen molar-refractivity contribution in [1.29, 1.82) is 5.26 Å². The van der Waals surface area contributed by atoms with Crippen LogP contribution in [-0.2, 0) is 6.54 Å². The van der Waals surface area contributed by atoms with Crippen molar-refractivity contribution in [3.8, 4) is 6.07 Å². The maximum Gasteiger partial charge on any atom is 0.0942 e. The van der Waals surface area contributed by atoms with Gasteiger partial charge in [-0.15, -0.1) is 0 Å². The van der Waals surface area contributed by atoms with Gasteiger partial charge in [-0.3, -0.25) is 4.90 Å². The summed E-state index contributed by atoms with van der Waals surface area (Å²) in [6.45, 7) is 2.40. The van der Waals surface area contributed by atoms with E-state index in [1.807, 2.05) is 18.2 Å². The molecule has 3 nitrogen and oxygen atoms in total. The summed E-state index contributed by atoms with van der Waals surface area (Å²) >= 11 is 0. The van der Waals surface area contributed by atoms with Gasteiger partial charge in [0.15, 0.2) is 0 Å².